The minimum absolute atomic E-state index is 0.246. The van der Waals surface area contributed by atoms with Crippen LogP contribution in [0.15, 0.2) is 6.07 Å². The van der Waals surface area contributed by atoms with Crippen molar-refractivity contribution < 1.29 is 0 Å². The van der Waals surface area contributed by atoms with Crippen molar-refractivity contribution in [1.29, 1.82) is 0 Å². The maximum Gasteiger partial charge on any atom is 0.0681 e. The maximum atomic E-state index is 6.55. The van der Waals surface area contributed by atoms with Crippen molar-refractivity contribution in [3.8, 4) is 0 Å². The van der Waals surface area contributed by atoms with Crippen LogP contribution in [0.3, 0.4) is 0 Å². The Morgan fingerprint density at radius 2 is 2.00 bits per heavy atom. The first-order chi connectivity index (χ1) is 8.16. The van der Waals surface area contributed by atoms with E-state index in [1.807, 2.05) is 11.3 Å². The van der Waals surface area contributed by atoms with Crippen molar-refractivity contribution in [1.82, 2.24) is 0 Å². The molecule has 2 heteroatoms. The van der Waals surface area contributed by atoms with Gasteiger partial charge in [0.2, 0.25) is 0 Å². The van der Waals surface area contributed by atoms with Crippen molar-refractivity contribution in [3.05, 3.63) is 21.4 Å². The number of hydrogen-bond donors (Lipinski definition) is 0. The summed E-state index contributed by atoms with van der Waals surface area (Å²) in [6.45, 7) is 4.36. The molecule has 1 saturated carbocycles. The monoisotopic (exact) mass is 270 g/mol. The van der Waals surface area contributed by atoms with E-state index < -0.39 is 0 Å². The summed E-state index contributed by atoms with van der Waals surface area (Å²) in [4.78, 5) is 2.79. The van der Waals surface area contributed by atoms with Crippen molar-refractivity contribution >= 4 is 22.9 Å². The van der Waals surface area contributed by atoms with E-state index in [1.54, 1.807) is 0 Å². The Bertz CT molecular complexity index is 350. The Balaban J connectivity index is 1.84. The van der Waals surface area contributed by atoms with Gasteiger partial charge in [0.1, 0.15) is 0 Å². The fourth-order valence-electron chi connectivity index (χ4n) is 2.96. The summed E-state index contributed by atoms with van der Waals surface area (Å²) in [5.41, 5.74) is 1.39. The molecular formula is C15H23ClS. The molecule has 0 aliphatic heterocycles. The highest BCUT2D eigenvalue weighted by Gasteiger charge is 2.18. The highest BCUT2D eigenvalue weighted by Crippen LogP contribution is 2.37. The number of hydrogen-bond acceptors (Lipinski definition) is 1. The van der Waals surface area contributed by atoms with Crippen LogP contribution >= 0.6 is 22.9 Å². The van der Waals surface area contributed by atoms with E-state index in [0.29, 0.717) is 0 Å². The summed E-state index contributed by atoms with van der Waals surface area (Å²) in [6, 6.07) is 2.26. The smallest absolute Gasteiger partial charge is 0.0681 e. The van der Waals surface area contributed by atoms with Gasteiger partial charge in [-0.2, -0.15) is 0 Å². The zero-order valence-corrected chi connectivity index (χ0v) is 12.5. The van der Waals surface area contributed by atoms with Crippen LogP contribution in [-0.2, 0) is 0 Å². The standard InChI is InChI=1S/C15H23ClS/c1-11-10-12(2)17-15(11)14(16)9-8-13-6-4-3-5-7-13/h10,13-14H,3-9H2,1-2H3. The molecule has 0 saturated heterocycles. The fourth-order valence-corrected chi connectivity index (χ4v) is 4.44. The third-order valence-corrected chi connectivity index (χ3v) is 5.75. The van der Waals surface area contributed by atoms with E-state index in [-0.39, 0.29) is 5.38 Å². The first-order valence-corrected chi connectivity index (χ1v) is 8.13. The molecule has 0 nitrogen and oxygen atoms in total. The second-order valence-electron chi connectivity index (χ2n) is 5.45. The van der Waals surface area contributed by atoms with Crippen LogP contribution in [0.4, 0.5) is 0 Å². The van der Waals surface area contributed by atoms with Gasteiger partial charge >= 0.3 is 0 Å². The molecule has 0 amide bonds. The van der Waals surface area contributed by atoms with Crippen molar-refractivity contribution in [2.24, 2.45) is 5.92 Å². The molecule has 0 aromatic carbocycles. The van der Waals surface area contributed by atoms with Crippen LogP contribution in [0.5, 0.6) is 0 Å². The first-order valence-electron chi connectivity index (χ1n) is 6.88. The van der Waals surface area contributed by atoms with E-state index >= 15 is 0 Å². The molecule has 1 aromatic rings. The van der Waals surface area contributed by atoms with Crippen molar-refractivity contribution in [3.63, 3.8) is 0 Å². The first kappa shape index (κ1) is 13.4. The Morgan fingerprint density at radius 1 is 1.29 bits per heavy atom. The van der Waals surface area contributed by atoms with Gasteiger partial charge in [-0.1, -0.05) is 32.1 Å². The third-order valence-electron chi connectivity index (χ3n) is 3.92. The average molecular weight is 271 g/mol. The molecule has 1 unspecified atom stereocenters. The Labute approximate surface area is 114 Å². The zero-order chi connectivity index (χ0) is 12.3. The van der Waals surface area contributed by atoms with E-state index in [9.17, 15) is 0 Å². The van der Waals surface area contributed by atoms with Crippen LogP contribution in [0.25, 0.3) is 0 Å². The van der Waals surface area contributed by atoms with Crippen molar-refractivity contribution in [2.75, 3.05) is 0 Å². The van der Waals surface area contributed by atoms with Gasteiger partial charge in [0.25, 0.3) is 0 Å². The average Bonchev–Trinajstić information content (AvgIpc) is 2.67. The quantitative estimate of drug-likeness (QED) is 0.588. The molecular weight excluding hydrogens is 248 g/mol. The van der Waals surface area contributed by atoms with Gasteiger partial charge in [0.05, 0.1) is 5.38 Å². The Kier molecular flexibility index (Phi) is 4.93. The third kappa shape index (κ3) is 3.72. The number of thiophene rings is 1. The lowest BCUT2D eigenvalue weighted by atomic mass is 9.85. The number of aryl methyl sites for hydroxylation is 2. The molecule has 1 aliphatic carbocycles. The number of rotatable bonds is 4. The van der Waals surface area contributed by atoms with E-state index in [1.165, 1.54) is 53.8 Å². The molecule has 17 heavy (non-hydrogen) atoms. The number of alkyl halides is 1. The summed E-state index contributed by atoms with van der Waals surface area (Å²) < 4.78 is 0. The molecule has 0 radical (unpaired) electrons. The van der Waals surface area contributed by atoms with Gasteiger partial charge in [-0.15, -0.1) is 22.9 Å². The Morgan fingerprint density at radius 3 is 2.59 bits per heavy atom. The minimum atomic E-state index is 0.246. The highest BCUT2D eigenvalue weighted by atomic mass is 35.5. The molecule has 1 aromatic heterocycles. The van der Waals surface area contributed by atoms with Gasteiger partial charge < -0.3 is 0 Å². The molecule has 1 fully saturated rings. The highest BCUT2D eigenvalue weighted by molar-refractivity contribution is 7.12. The normalized spacial score (nSPS) is 19.5. The van der Waals surface area contributed by atoms with Crippen LogP contribution in [0.1, 0.15) is 65.6 Å². The Hall–Kier alpha value is -0.0100. The summed E-state index contributed by atoms with van der Waals surface area (Å²) in [5, 5.41) is 0.246. The van der Waals surface area contributed by atoms with Crippen LogP contribution in [0, 0.1) is 19.8 Å². The molecule has 1 aliphatic rings. The lowest BCUT2D eigenvalue weighted by Crippen LogP contribution is -2.07. The SMILES string of the molecule is Cc1cc(C)c(C(Cl)CCC2CCCCC2)s1. The van der Waals surface area contributed by atoms with E-state index in [2.05, 4.69) is 19.9 Å². The second-order valence-corrected chi connectivity index (χ2v) is 7.27. The molecule has 0 N–H and O–H groups in total. The van der Waals surface area contributed by atoms with Crippen LogP contribution in [0.2, 0.25) is 0 Å². The summed E-state index contributed by atoms with van der Waals surface area (Å²) in [7, 11) is 0. The molecule has 1 heterocycles. The molecule has 1 atom stereocenters. The van der Waals surface area contributed by atoms with Gasteiger partial charge in [0.15, 0.2) is 0 Å². The molecule has 2 rings (SSSR count). The van der Waals surface area contributed by atoms with Crippen LogP contribution < -0.4 is 0 Å². The molecule has 96 valence electrons. The van der Waals surface area contributed by atoms with Gasteiger partial charge in [-0.05, 0) is 44.2 Å². The predicted molar refractivity (Wildman–Crippen MR) is 78.2 cm³/mol. The van der Waals surface area contributed by atoms with Gasteiger partial charge in [-0.3, -0.25) is 0 Å². The summed E-state index contributed by atoms with van der Waals surface area (Å²) in [5.74, 6) is 0.950. The van der Waals surface area contributed by atoms with E-state index in [0.717, 1.165) is 12.3 Å². The zero-order valence-electron chi connectivity index (χ0n) is 11.0. The number of halogens is 1. The van der Waals surface area contributed by atoms with Gasteiger partial charge in [0, 0.05) is 9.75 Å². The molecule has 0 spiro atoms. The minimum Gasteiger partial charge on any atom is -0.144 e. The topological polar surface area (TPSA) is 0 Å². The van der Waals surface area contributed by atoms with Gasteiger partial charge in [-0.25, -0.2) is 0 Å². The largest absolute Gasteiger partial charge is 0.144 e. The molecule has 0 bridgehead atoms. The summed E-state index contributed by atoms with van der Waals surface area (Å²) in [6.07, 6.45) is 9.68. The second kappa shape index (κ2) is 6.24. The maximum absolute atomic E-state index is 6.55. The predicted octanol–water partition coefficient (Wildman–Crippen LogP) is 6.01. The van der Waals surface area contributed by atoms with Crippen molar-refractivity contribution in [2.45, 2.75) is 64.2 Å². The van der Waals surface area contributed by atoms with E-state index in [4.69, 9.17) is 11.6 Å². The lowest BCUT2D eigenvalue weighted by Gasteiger charge is -2.22. The summed E-state index contributed by atoms with van der Waals surface area (Å²) >= 11 is 8.43. The fraction of sp³-hybridized carbons (Fsp3) is 0.733. The lowest BCUT2D eigenvalue weighted by molar-refractivity contribution is 0.331. The van der Waals surface area contributed by atoms with Crippen LogP contribution in [-0.4, -0.2) is 0 Å².